The number of rotatable bonds is 5. The van der Waals surface area contributed by atoms with Crippen molar-refractivity contribution in [3.8, 4) is 0 Å². The van der Waals surface area contributed by atoms with Gasteiger partial charge in [0.15, 0.2) is 0 Å². The lowest BCUT2D eigenvalue weighted by molar-refractivity contribution is 0.409. The van der Waals surface area contributed by atoms with Crippen LogP contribution in [0.3, 0.4) is 0 Å². The highest BCUT2D eigenvalue weighted by atomic mass is 32.2. The van der Waals surface area contributed by atoms with Crippen LogP contribution in [0.1, 0.15) is 18.4 Å². The molecular weight excluding hydrogens is 286 g/mol. The third kappa shape index (κ3) is 4.17. The van der Waals surface area contributed by atoms with Crippen LogP contribution >= 0.6 is 0 Å². The van der Waals surface area contributed by atoms with Gasteiger partial charge in [0, 0.05) is 12.6 Å². The van der Waals surface area contributed by atoms with Gasteiger partial charge in [0.2, 0.25) is 10.0 Å². The third-order valence-corrected chi connectivity index (χ3v) is 8.34. The standard InChI is InChI=1S/C15H25NO2SSi/c1-19(17,18)16-11-7-10-15(16)13-20(2,3)12-14-8-5-4-6-9-14/h4-6,8-9,15H,7,10-13H2,1-3H3. The minimum Gasteiger partial charge on any atom is -0.212 e. The molecule has 1 fully saturated rings. The molecule has 20 heavy (non-hydrogen) atoms. The van der Waals surface area contributed by atoms with E-state index in [1.807, 2.05) is 6.07 Å². The van der Waals surface area contributed by atoms with Gasteiger partial charge in [-0.2, -0.15) is 4.31 Å². The lowest BCUT2D eigenvalue weighted by atomic mass is 10.2. The van der Waals surface area contributed by atoms with Crippen molar-refractivity contribution in [1.82, 2.24) is 4.31 Å². The molecule has 3 nitrogen and oxygen atoms in total. The van der Waals surface area contributed by atoms with Crippen LogP contribution in [-0.2, 0) is 16.1 Å². The fourth-order valence-corrected chi connectivity index (χ4v) is 7.81. The van der Waals surface area contributed by atoms with Gasteiger partial charge in [0.05, 0.1) is 14.3 Å². The Kier molecular flexibility index (Phi) is 4.72. The van der Waals surface area contributed by atoms with Crippen molar-refractivity contribution in [3.05, 3.63) is 35.9 Å². The Morgan fingerprint density at radius 3 is 2.50 bits per heavy atom. The van der Waals surface area contributed by atoms with Gasteiger partial charge in [0.1, 0.15) is 0 Å². The molecule has 0 aliphatic carbocycles. The SMILES string of the molecule is C[Si](C)(Cc1ccccc1)CC1CCCN1S(C)(=O)=O. The average molecular weight is 312 g/mol. The zero-order valence-corrected chi connectivity index (χ0v) is 14.5. The summed E-state index contributed by atoms with van der Waals surface area (Å²) in [4.78, 5) is 0. The lowest BCUT2D eigenvalue weighted by Gasteiger charge is -2.30. The van der Waals surface area contributed by atoms with E-state index in [2.05, 4.69) is 37.4 Å². The van der Waals surface area contributed by atoms with E-state index >= 15 is 0 Å². The highest BCUT2D eigenvalue weighted by molar-refractivity contribution is 7.88. The van der Waals surface area contributed by atoms with Crippen molar-refractivity contribution in [3.63, 3.8) is 0 Å². The first-order chi connectivity index (χ1) is 9.28. The van der Waals surface area contributed by atoms with Crippen LogP contribution in [0, 0.1) is 0 Å². The summed E-state index contributed by atoms with van der Waals surface area (Å²) in [5.41, 5.74) is 1.38. The molecule has 1 unspecified atom stereocenters. The number of benzene rings is 1. The minimum absolute atomic E-state index is 0.232. The van der Waals surface area contributed by atoms with Gasteiger partial charge in [-0.25, -0.2) is 8.42 Å². The molecule has 1 saturated heterocycles. The number of sulfonamides is 1. The second-order valence-corrected chi connectivity index (χ2v) is 13.7. The zero-order chi connectivity index (χ0) is 14.8. The van der Waals surface area contributed by atoms with E-state index < -0.39 is 18.1 Å². The van der Waals surface area contributed by atoms with Gasteiger partial charge >= 0.3 is 0 Å². The van der Waals surface area contributed by atoms with E-state index in [0.717, 1.165) is 24.9 Å². The molecule has 1 atom stereocenters. The summed E-state index contributed by atoms with van der Waals surface area (Å²) >= 11 is 0. The topological polar surface area (TPSA) is 37.4 Å². The molecule has 1 heterocycles. The van der Waals surface area contributed by atoms with Crippen LogP contribution in [0.2, 0.25) is 19.1 Å². The monoisotopic (exact) mass is 311 g/mol. The number of nitrogens with zero attached hydrogens (tertiary/aromatic N) is 1. The van der Waals surface area contributed by atoms with Gasteiger partial charge < -0.3 is 0 Å². The van der Waals surface area contributed by atoms with Crippen LogP contribution in [0.25, 0.3) is 0 Å². The van der Waals surface area contributed by atoms with E-state index in [4.69, 9.17) is 0 Å². The Labute approximate surface area is 124 Å². The summed E-state index contributed by atoms with van der Waals surface area (Å²) in [7, 11) is -4.48. The maximum Gasteiger partial charge on any atom is 0.211 e. The predicted octanol–water partition coefficient (Wildman–Crippen LogP) is 2.90. The van der Waals surface area contributed by atoms with Crippen molar-refractivity contribution in [2.24, 2.45) is 0 Å². The largest absolute Gasteiger partial charge is 0.212 e. The fourth-order valence-electron chi connectivity index (χ4n) is 3.31. The lowest BCUT2D eigenvalue weighted by Crippen LogP contribution is -2.41. The van der Waals surface area contributed by atoms with Crippen LogP contribution in [-0.4, -0.2) is 39.6 Å². The van der Waals surface area contributed by atoms with Crippen molar-refractivity contribution in [1.29, 1.82) is 0 Å². The molecule has 1 aliphatic rings. The van der Waals surface area contributed by atoms with E-state index in [-0.39, 0.29) is 6.04 Å². The molecule has 0 bridgehead atoms. The molecule has 112 valence electrons. The molecule has 0 saturated carbocycles. The Morgan fingerprint density at radius 1 is 1.25 bits per heavy atom. The summed E-state index contributed by atoms with van der Waals surface area (Å²) in [5, 5.41) is 0. The first-order valence-corrected chi connectivity index (χ1v) is 12.5. The van der Waals surface area contributed by atoms with Crippen molar-refractivity contribution < 1.29 is 8.42 Å². The molecule has 0 spiro atoms. The highest BCUT2D eigenvalue weighted by Crippen LogP contribution is 2.29. The van der Waals surface area contributed by atoms with Crippen LogP contribution in [0.5, 0.6) is 0 Å². The molecule has 1 aromatic rings. The summed E-state index contributed by atoms with van der Waals surface area (Å²) in [6.07, 6.45) is 3.38. The number of hydrogen-bond donors (Lipinski definition) is 0. The van der Waals surface area contributed by atoms with Gasteiger partial charge in [-0.3, -0.25) is 0 Å². The summed E-state index contributed by atoms with van der Waals surface area (Å²) < 4.78 is 25.4. The fraction of sp³-hybridized carbons (Fsp3) is 0.600. The van der Waals surface area contributed by atoms with Gasteiger partial charge in [-0.05, 0) is 24.9 Å². The van der Waals surface area contributed by atoms with E-state index in [0.29, 0.717) is 6.54 Å². The Hall–Kier alpha value is -0.653. The molecule has 1 aromatic carbocycles. The van der Waals surface area contributed by atoms with Gasteiger partial charge in [0.25, 0.3) is 0 Å². The minimum atomic E-state index is -3.04. The van der Waals surface area contributed by atoms with Crippen LogP contribution in [0.15, 0.2) is 30.3 Å². The van der Waals surface area contributed by atoms with Gasteiger partial charge in [-0.1, -0.05) is 49.0 Å². The normalized spacial score (nSPS) is 21.2. The summed E-state index contributed by atoms with van der Waals surface area (Å²) in [6.45, 7) is 5.46. The maximum absolute atomic E-state index is 11.8. The van der Waals surface area contributed by atoms with E-state index in [1.54, 1.807) is 4.31 Å². The molecule has 0 radical (unpaired) electrons. The maximum atomic E-state index is 11.8. The molecule has 5 heteroatoms. The predicted molar refractivity (Wildman–Crippen MR) is 87.0 cm³/mol. The molecule has 1 aliphatic heterocycles. The summed E-state index contributed by atoms with van der Waals surface area (Å²) in [6, 6.07) is 13.0. The Balaban J connectivity index is 2.04. The van der Waals surface area contributed by atoms with E-state index in [9.17, 15) is 8.42 Å². The Bertz CT molecular complexity index is 542. The van der Waals surface area contributed by atoms with Crippen molar-refractivity contribution in [2.75, 3.05) is 12.8 Å². The smallest absolute Gasteiger partial charge is 0.211 e. The molecular formula is C15H25NO2SSi. The van der Waals surface area contributed by atoms with Crippen molar-refractivity contribution in [2.45, 2.75) is 44.1 Å². The quantitative estimate of drug-likeness (QED) is 0.784. The van der Waals surface area contributed by atoms with Crippen LogP contribution in [0.4, 0.5) is 0 Å². The first-order valence-electron chi connectivity index (χ1n) is 7.29. The first kappa shape index (κ1) is 15.7. The molecule has 0 N–H and O–H groups in total. The molecule has 0 amide bonds. The van der Waals surface area contributed by atoms with Gasteiger partial charge in [-0.15, -0.1) is 0 Å². The highest BCUT2D eigenvalue weighted by Gasteiger charge is 2.36. The average Bonchev–Trinajstić information content (AvgIpc) is 2.76. The second kappa shape index (κ2) is 5.99. The zero-order valence-electron chi connectivity index (χ0n) is 12.7. The van der Waals surface area contributed by atoms with Crippen LogP contribution < -0.4 is 0 Å². The second-order valence-electron chi connectivity index (χ2n) is 6.70. The van der Waals surface area contributed by atoms with E-state index in [1.165, 1.54) is 11.8 Å². The number of hydrogen-bond acceptors (Lipinski definition) is 2. The van der Waals surface area contributed by atoms with Crippen molar-refractivity contribution >= 4 is 18.1 Å². The third-order valence-electron chi connectivity index (χ3n) is 4.06. The molecule has 0 aromatic heterocycles. The molecule has 2 rings (SSSR count). The summed E-state index contributed by atoms with van der Waals surface area (Å²) in [5.74, 6) is 0. The Morgan fingerprint density at radius 2 is 1.90 bits per heavy atom.